The number of para-hydroxylation sites is 1. The maximum absolute atomic E-state index is 13.5. The van der Waals surface area contributed by atoms with Crippen LogP contribution in [0.4, 0.5) is 30.4 Å². The van der Waals surface area contributed by atoms with E-state index in [2.05, 4.69) is 9.97 Å². The number of anilines is 3. The molecule has 150 valence electrons. The lowest BCUT2D eigenvalue weighted by Crippen LogP contribution is -2.49. The van der Waals surface area contributed by atoms with Crippen molar-refractivity contribution in [1.82, 2.24) is 9.97 Å². The Balaban J connectivity index is 2.03. The van der Waals surface area contributed by atoms with Gasteiger partial charge in [-0.05, 0) is 31.2 Å². The minimum atomic E-state index is -4.72. The van der Waals surface area contributed by atoms with Crippen molar-refractivity contribution < 1.29 is 22.7 Å². The van der Waals surface area contributed by atoms with Gasteiger partial charge in [-0.3, -0.25) is 4.79 Å². The summed E-state index contributed by atoms with van der Waals surface area (Å²) in [5.74, 6) is -0.966. The van der Waals surface area contributed by atoms with Crippen molar-refractivity contribution in [2.75, 3.05) is 24.0 Å². The maximum Gasteiger partial charge on any atom is 0.451 e. The fourth-order valence-corrected chi connectivity index (χ4v) is 3.49. The van der Waals surface area contributed by atoms with Crippen LogP contribution in [0, 0.1) is 0 Å². The first-order valence-electron chi connectivity index (χ1n) is 8.81. The second-order valence-electron chi connectivity index (χ2n) is 6.68. The van der Waals surface area contributed by atoms with Crippen LogP contribution in [0.2, 0.25) is 0 Å². The number of nitrogens with zero attached hydrogens (tertiary/aromatic N) is 4. The molecule has 29 heavy (non-hydrogen) atoms. The van der Waals surface area contributed by atoms with Crippen molar-refractivity contribution in [2.45, 2.75) is 19.1 Å². The molecule has 0 N–H and O–H groups in total. The summed E-state index contributed by atoms with van der Waals surface area (Å²) in [6, 6.07) is 10.7. The molecule has 0 saturated carbocycles. The summed E-state index contributed by atoms with van der Waals surface area (Å²) >= 11 is 0. The fourth-order valence-electron chi connectivity index (χ4n) is 3.49. The van der Waals surface area contributed by atoms with Gasteiger partial charge in [0.2, 0.25) is 11.7 Å². The highest BCUT2D eigenvalue weighted by atomic mass is 19.4. The second kappa shape index (κ2) is 6.61. The predicted octanol–water partition coefficient (Wildman–Crippen LogP) is 4.16. The summed E-state index contributed by atoms with van der Waals surface area (Å²) in [4.78, 5) is 23.4. The highest BCUT2D eigenvalue weighted by molar-refractivity contribution is 6.08. The molecule has 0 spiro atoms. The molecule has 2 heterocycles. The summed E-state index contributed by atoms with van der Waals surface area (Å²) in [6.45, 7) is 1.64. The Bertz CT molecular complexity index is 1120. The van der Waals surface area contributed by atoms with Gasteiger partial charge in [-0.1, -0.05) is 12.1 Å². The summed E-state index contributed by atoms with van der Waals surface area (Å²) in [5.41, 5.74) is 1.22. The van der Waals surface area contributed by atoms with Gasteiger partial charge in [0.15, 0.2) is 0 Å². The first-order chi connectivity index (χ1) is 13.7. The van der Waals surface area contributed by atoms with Gasteiger partial charge in [0.25, 0.3) is 0 Å². The maximum atomic E-state index is 13.5. The van der Waals surface area contributed by atoms with E-state index in [9.17, 15) is 18.0 Å². The van der Waals surface area contributed by atoms with Gasteiger partial charge in [-0.15, -0.1) is 0 Å². The van der Waals surface area contributed by atoms with Gasteiger partial charge < -0.3 is 14.5 Å². The molecule has 0 saturated heterocycles. The molecular formula is C20H17F3N4O2. The van der Waals surface area contributed by atoms with E-state index in [0.717, 1.165) is 0 Å². The van der Waals surface area contributed by atoms with Crippen molar-refractivity contribution in [2.24, 2.45) is 0 Å². The average molecular weight is 402 g/mol. The smallest absolute Gasteiger partial charge is 0.451 e. The SMILES string of the molecule is COc1ccc2c(c1)N(C)C(=O)C(C)N2c1nc(C(F)(F)F)nc2ccccc12. The molecule has 1 aliphatic rings. The summed E-state index contributed by atoms with van der Waals surface area (Å²) in [6.07, 6.45) is -4.72. The molecule has 0 fully saturated rings. The average Bonchev–Trinajstić information content (AvgIpc) is 2.71. The number of benzene rings is 2. The van der Waals surface area contributed by atoms with Crippen LogP contribution in [0.1, 0.15) is 12.7 Å². The van der Waals surface area contributed by atoms with E-state index in [4.69, 9.17) is 4.74 Å². The van der Waals surface area contributed by atoms with E-state index < -0.39 is 18.0 Å². The van der Waals surface area contributed by atoms with E-state index in [1.807, 2.05) is 0 Å². The monoisotopic (exact) mass is 402 g/mol. The lowest BCUT2D eigenvalue weighted by molar-refractivity contribution is -0.144. The largest absolute Gasteiger partial charge is 0.497 e. The van der Waals surface area contributed by atoms with E-state index in [1.54, 1.807) is 50.4 Å². The van der Waals surface area contributed by atoms with Crippen molar-refractivity contribution >= 4 is 34.0 Å². The number of likely N-dealkylation sites (N-methyl/N-ethyl adjacent to an activating group) is 1. The third-order valence-electron chi connectivity index (χ3n) is 4.94. The number of alkyl halides is 3. The third-order valence-corrected chi connectivity index (χ3v) is 4.94. The lowest BCUT2D eigenvalue weighted by Gasteiger charge is -2.40. The van der Waals surface area contributed by atoms with Crippen molar-refractivity contribution in [3.8, 4) is 5.75 Å². The van der Waals surface area contributed by atoms with E-state index in [1.165, 1.54) is 23.0 Å². The first kappa shape index (κ1) is 19.0. The number of carbonyl (C=O) groups is 1. The van der Waals surface area contributed by atoms with Gasteiger partial charge in [0.1, 0.15) is 17.6 Å². The molecule has 4 rings (SSSR count). The quantitative estimate of drug-likeness (QED) is 0.644. The first-order valence-corrected chi connectivity index (χ1v) is 8.81. The second-order valence-corrected chi connectivity index (χ2v) is 6.68. The van der Waals surface area contributed by atoms with Crippen LogP contribution in [-0.4, -0.2) is 36.1 Å². The molecule has 1 amide bonds. The summed E-state index contributed by atoms with van der Waals surface area (Å²) in [5, 5.41) is 0.423. The number of hydrogen-bond donors (Lipinski definition) is 0. The number of amides is 1. The van der Waals surface area contributed by atoms with Gasteiger partial charge in [-0.2, -0.15) is 13.2 Å². The van der Waals surface area contributed by atoms with Crippen LogP contribution < -0.4 is 14.5 Å². The molecule has 9 heteroatoms. The molecule has 0 aliphatic carbocycles. The molecule has 1 atom stereocenters. The van der Waals surface area contributed by atoms with E-state index in [-0.39, 0.29) is 17.2 Å². The molecular weight excluding hydrogens is 385 g/mol. The summed E-state index contributed by atoms with van der Waals surface area (Å²) < 4.78 is 45.6. The van der Waals surface area contributed by atoms with Gasteiger partial charge in [0.05, 0.1) is 24.0 Å². The summed E-state index contributed by atoms with van der Waals surface area (Å²) in [7, 11) is 3.12. The number of fused-ring (bicyclic) bond motifs is 2. The van der Waals surface area contributed by atoms with E-state index >= 15 is 0 Å². The highest BCUT2D eigenvalue weighted by Gasteiger charge is 2.40. The number of halogens is 3. The zero-order valence-electron chi connectivity index (χ0n) is 15.9. The molecule has 1 aromatic heterocycles. The molecule has 2 aromatic carbocycles. The zero-order chi connectivity index (χ0) is 20.9. The van der Waals surface area contributed by atoms with Crippen molar-refractivity contribution in [3.63, 3.8) is 0 Å². The molecule has 1 unspecified atom stereocenters. The molecule has 0 bridgehead atoms. The highest BCUT2D eigenvalue weighted by Crippen LogP contribution is 2.44. The van der Waals surface area contributed by atoms with Crippen LogP contribution in [0.25, 0.3) is 10.9 Å². The Morgan fingerprint density at radius 1 is 1.07 bits per heavy atom. The standard InChI is InChI=1S/C20H17F3N4O2/c1-11-18(28)26(2)16-10-12(29-3)8-9-15(16)27(11)17-13-6-4-5-7-14(13)24-19(25-17)20(21,22)23/h4-11H,1-3H3. The van der Waals surface area contributed by atoms with Gasteiger partial charge in [-0.25, -0.2) is 9.97 Å². The minimum absolute atomic E-state index is 0.0308. The molecule has 1 aliphatic heterocycles. The number of hydrogen-bond acceptors (Lipinski definition) is 5. The Hall–Kier alpha value is -3.36. The molecule has 0 radical (unpaired) electrons. The Morgan fingerprint density at radius 2 is 1.79 bits per heavy atom. The number of methoxy groups -OCH3 is 1. The van der Waals surface area contributed by atoms with Crippen molar-refractivity contribution in [3.05, 3.63) is 48.3 Å². The third kappa shape index (κ3) is 3.02. The fraction of sp³-hybridized carbons (Fsp3) is 0.250. The number of aromatic nitrogens is 2. The predicted molar refractivity (Wildman–Crippen MR) is 103 cm³/mol. The van der Waals surface area contributed by atoms with Gasteiger partial charge in [0, 0.05) is 18.5 Å². The van der Waals surface area contributed by atoms with Crippen LogP contribution >= 0.6 is 0 Å². The normalized spacial score (nSPS) is 16.9. The Kier molecular flexibility index (Phi) is 4.33. The lowest BCUT2D eigenvalue weighted by atomic mass is 10.1. The number of carbonyl (C=O) groups excluding carboxylic acids is 1. The van der Waals surface area contributed by atoms with Gasteiger partial charge >= 0.3 is 6.18 Å². The minimum Gasteiger partial charge on any atom is -0.497 e. The topological polar surface area (TPSA) is 58.6 Å². The van der Waals surface area contributed by atoms with Crippen LogP contribution in [0.5, 0.6) is 5.75 Å². The van der Waals surface area contributed by atoms with Crippen molar-refractivity contribution in [1.29, 1.82) is 0 Å². The van der Waals surface area contributed by atoms with Crippen LogP contribution in [0.3, 0.4) is 0 Å². The van der Waals surface area contributed by atoms with Crippen LogP contribution in [-0.2, 0) is 11.0 Å². The number of ether oxygens (including phenoxy) is 1. The van der Waals surface area contributed by atoms with E-state index in [0.29, 0.717) is 22.5 Å². The molecule has 3 aromatic rings. The Labute approximate surface area is 164 Å². The molecule has 6 nitrogen and oxygen atoms in total. The Morgan fingerprint density at radius 3 is 2.48 bits per heavy atom. The zero-order valence-corrected chi connectivity index (χ0v) is 15.9. The number of rotatable bonds is 2. The van der Waals surface area contributed by atoms with Crippen LogP contribution in [0.15, 0.2) is 42.5 Å².